The first-order valence-electron chi connectivity index (χ1n) is 6.57. The van der Waals surface area contributed by atoms with Crippen molar-refractivity contribution in [3.8, 4) is 0 Å². The van der Waals surface area contributed by atoms with E-state index in [1.165, 1.54) is 12.8 Å². The van der Waals surface area contributed by atoms with E-state index in [0.29, 0.717) is 6.04 Å². The van der Waals surface area contributed by atoms with Crippen LogP contribution in [0.1, 0.15) is 38.7 Å². The molecule has 4 nitrogen and oxygen atoms in total. The minimum Gasteiger partial charge on any atom is -0.338 e. The summed E-state index contributed by atoms with van der Waals surface area (Å²) in [4.78, 5) is 11.2. The van der Waals surface area contributed by atoms with Crippen LogP contribution in [0.2, 0.25) is 0 Å². The molecule has 2 N–H and O–H groups in total. The lowest BCUT2D eigenvalue weighted by Crippen LogP contribution is -2.27. The second-order valence-electron chi connectivity index (χ2n) is 4.78. The Morgan fingerprint density at radius 3 is 2.47 bits per heavy atom. The molecule has 1 unspecified atom stereocenters. The minimum atomic E-state index is 0.218. The molecule has 0 aromatic carbocycles. The van der Waals surface area contributed by atoms with E-state index in [1.54, 1.807) is 0 Å². The second-order valence-corrected chi connectivity index (χ2v) is 4.78. The summed E-state index contributed by atoms with van der Waals surface area (Å²) in [6.45, 7) is 5.24. The van der Waals surface area contributed by atoms with Gasteiger partial charge in [0.2, 0.25) is 5.95 Å². The Labute approximate surface area is 103 Å². The van der Waals surface area contributed by atoms with Crippen molar-refractivity contribution in [1.29, 1.82) is 0 Å². The molecule has 1 aromatic rings. The van der Waals surface area contributed by atoms with Gasteiger partial charge in [-0.1, -0.05) is 6.92 Å². The van der Waals surface area contributed by atoms with E-state index >= 15 is 0 Å². The van der Waals surface area contributed by atoms with Crippen molar-refractivity contribution in [3.05, 3.63) is 18.0 Å². The van der Waals surface area contributed by atoms with Crippen LogP contribution in [0.5, 0.6) is 0 Å². The predicted octanol–water partition coefficient (Wildman–Crippen LogP) is 1.75. The third kappa shape index (κ3) is 3.16. The van der Waals surface area contributed by atoms with Crippen LogP contribution in [0.25, 0.3) is 0 Å². The van der Waals surface area contributed by atoms with Crippen molar-refractivity contribution < 1.29 is 0 Å². The van der Waals surface area contributed by atoms with Gasteiger partial charge in [-0.25, -0.2) is 9.97 Å². The monoisotopic (exact) mass is 234 g/mol. The largest absolute Gasteiger partial charge is 0.338 e. The molecule has 0 radical (unpaired) electrons. The molecular weight excluding hydrogens is 212 g/mol. The first kappa shape index (κ1) is 12.3. The highest BCUT2D eigenvalue weighted by Crippen LogP contribution is 2.29. The van der Waals surface area contributed by atoms with E-state index in [2.05, 4.69) is 28.7 Å². The molecule has 0 spiro atoms. The molecule has 0 amide bonds. The molecule has 1 fully saturated rings. The molecular formula is C13H22N4. The van der Waals surface area contributed by atoms with Crippen molar-refractivity contribution in [1.82, 2.24) is 9.97 Å². The van der Waals surface area contributed by atoms with E-state index in [4.69, 9.17) is 5.73 Å². The van der Waals surface area contributed by atoms with Crippen molar-refractivity contribution in [2.75, 3.05) is 11.4 Å². The number of rotatable bonds is 6. The molecule has 1 aliphatic carbocycles. The van der Waals surface area contributed by atoms with Crippen molar-refractivity contribution >= 4 is 5.95 Å². The predicted molar refractivity (Wildman–Crippen MR) is 70.0 cm³/mol. The Bertz CT molecular complexity index is 345. The average molecular weight is 234 g/mol. The lowest BCUT2D eigenvalue weighted by Gasteiger charge is -2.20. The van der Waals surface area contributed by atoms with Crippen LogP contribution in [0.3, 0.4) is 0 Å². The van der Waals surface area contributed by atoms with Gasteiger partial charge < -0.3 is 10.6 Å². The van der Waals surface area contributed by atoms with E-state index in [0.717, 1.165) is 30.9 Å². The molecule has 1 aromatic heterocycles. The number of nitrogens with zero attached hydrogens (tertiary/aromatic N) is 3. The molecule has 1 saturated carbocycles. The molecule has 17 heavy (non-hydrogen) atoms. The fraction of sp³-hybridized carbons (Fsp3) is 0.692. The topological polar surface area (TPSA) is 55.0 Å². The number of aromatic nitrogens is 2. The Balaban J connectivity index is 2.01. The van der Waals surface area contributed by atoms with Crippen LogP contribution < -0.4 is 10.6 Å². The Morgan fingerprint density at radius 1 is 1.35 bits per heavy atom. The normalized spacial score (nSPS) is 16.9. The quantitative estimate of drug-likeness (QED) is 0.814. The van der Waals surface area contributed by atoms with E-state index < -0.39 is 0 Å². The number of hydrogen-bond donors (Lipinski definition) is 1. The van der Waals surface area contributed by atoms with Gasteiger partial charge in [-0.15, -0.1) is 0 Å². The molecule has 0 aliphatic heterocycles. The standard InChI is InChI=1S/C13H22N4/c1-3-11(14)7-10-8-15-13(16-9-10)17(4-2)12-5-6-12/h8-9,11-12H,3-7,14H2,1-2H3. The minimum absolute atomic E-state index is 0.218. The van der Waals surface area contributed by atoms with Crippen LogP contribution in [0.15, 0.2) is 12.4 Å². The summed E-state index contributed by atoms with van der Waals surface area (Å²) in [6.07, 6.45) is 8.25. The van der Waals surface area contributed by atoms with E-state index in [-0.39, 0.29) is 6.04 Å². The van der Waals surface area contributed by atoms with Gasteiger partial charge in [0.05, 0.1) is 0 Å². The second kappa shape index (κ2) is 5.45. The van der Waals surface area contributed by atoms with Gasteiger partial charge in [0.15, 0.2) is 0 Å². The zero-order valence-electron chi connectivity index (χ0n) is 10.8. The average Bonchev–Trinajstić information content (AvgIpc) is 3.16. The molecule has 0 bridgehead atoms. The van der Waals surface area contributed by atoms with Crippen molar-refractivity contribution in [2.24, 2.45) is 5.73 Å². The summed E-state index contributed by atoms with van der Waals surface area (Å²) in [5.74, 6) is 0.865. The zero-order valence-corrected chi connectivity index (χ0v) is 10.8. The Morgan fingerprint density at radius 2 is 2.00 bits per heavy atom. The molecule has 1 atom stereocenters. The summed E-state index contributed by atoms with van der Waals surface area (Å²) >= 11 is 0. The van der Waals surface area contributed by atoms with Gasteiger partial charge in [0, 0.05) is 31.0 Å². The highest BCUT2D eigenvalue weighted by Gasteiger charge is 2.29. The smallest absolute Gasteiger partial charge is 0.225 e. The third-order valence-corrected chi connectivity index (χ3v) is 3.30. The summed E-state index contributed by atoms with van der Waals surface area (Å²) in [5, 5.41) is 0. The highest BCUT2D eigenvalue weighted by molar-refractivity contribution is 5.33. The fourth-order valence-electron chi connectivity index (χ4n) is 2.00. The van der Waals surface area contributed by atoms with Gasteiger partial charge in [-0.05, 0) is 38.2 Å². The number of anilines is 1. The first-order valence-corrected chi connectivity index (χ1v) is 6.57. The summed E-state index contributed by atoms with van der Waals surface area (Å²) < 4.78 is 0. The van der Waals surface area contributed by atoms with Gasteiger partial charge in [0.25, 0.3) is 0 Å². The SMILES string of the molecule is CCC(N)Cc1cnc(N(CC)C2CC2)nc1. The van der Waals surface area contributed by atoms with Crippen LogP contribution in [-0.2, 0) is 6.42 Å². The molecule has 4 heteroatoms. The van der Waals surface area contributed by atoms with Gasteiger partial charge in [-0.3, -0.25) is 0 Å². The molecule has 1 aliphatic rings. The fourth-order valence-corrected chi connectivity index (χ4v) is 2.00. The van der Waals surface area contributed by atoms with Crippen LogP contribution in [0.4, 0.5) is 5.95 Å². The maximum absolute atomic E-state index is 5.92. The lowest BCUT2D eigenvalue weighted by atomic mass is 10.1. The van der Waals surface area contributed by atoms with Crippen molar-refractivity contribution in [3.63, 3.8) is 0 Å². The highest BCUT2D eigenvalue weighted by atomic mass is 15.3. The summed E-state index contributed by atoms with van der Waals surface area (Å²) in [7, 11) is 0. The molecule has 94 valence electrons. The van der Waals surface area contributed by atoms with Crippen LogP contribution in [-0.4, -0.2) is 28.6 Å². The maximum Gasteiger partial charge on any atom is 0.225 e. The van der Waals surface area contributed by atoms with Gasteiger partial charge >= 0.3 is 0 Å². The van der Waals surface area contributed by atoms with Crippen LogP contribution >= 0.6 is 0 Å². The third-order valence-electron chi connectivity index (χ3n) is 3.30. The molecule has 2 rings (SSSR count). The van der Waals surface area contributed by atoms with E-state index in [1.807, 2.05) is 12.4 Å². The van der Waals surface area contributed by atoms with Crippen molar-refractivity contribution in [2.45, 2.75) is 51.6 Å². The summed E-state index contributed by atoms with van der Waals surface area (Å²) in [6, 6.07) is 0.888. The first-order chi connectivity index (χ1) is 8.24. The Hall–Kier alpha value is -1.16. The summed E-state index contributed by atoms with van der Waals surface area (Å²) in [5.41, 5.74) is 7.06. The molecule has 1 heterocycles. The zero-order chi connectivity index (χ0) is 12.3. The van der Waals surface area contributed by atoms with Gasteiger partial charge in [0.1, 0.15) is 0 Å². The van der Waals surface area contributed by atoms with Gasteiger partial charge in [-0.2, -0.15) is 0 Å². The number of hydrogen-bond acceptors (Lipinski definition) is 4. The van der Waals surface area contributed by atoms with E-state index in [9.17, 15) is 0 Å². The van der Waals surface area contributed by atoms with Crippen LogP contribution in [0, 0.1) is 0 Å². The maximum atomic E-state index is 5.92. The Kier molecular flexibility index (Phi) is 3.94. The number of nitrogens with two attached hydrogens (primary N) is 1. The lowest BCUT2D eigenvalue weighted by molar-refractivity contribution is 0.642. The molecule has 0 saturated heterocycles.